The summed E-state index contributed by atoms with van der Waals surface area (Å²) >= 11 is 0. The predicted molar refractivity (Wildman–Crippen MR) is 115 cm³/mol. The van der Waals surface area contributed by atoms with Crippen LogP contribution in [0.3, 0.4) is 0 Å². The molecule has 2 fully saturated rings. The van der Waals surface area contributed by atoms with Crippen molar-refractivity contribution >= 4 is 11.9 Å². The minimum absolute atomic E-state index is 0.0618. The molecule has 1 saturated carbocycles. The van der Waals surface area contributed by atoms with Crippen LogP contribution in [-0.2, 0) is 11.8 Å². The van der Waals surface area contributed by atoms with E-state index in [2.05, 4.69) is 10.1 Å². The van der Waals surface area contributed by atoms with Crippen LogP contribution in [0.15, 0.2) is 18.6 Å². The van der Waals surface area contributed by atoms with Crippen molar-refractivity contribution in [2.45, 2.75) is 56.5 Å². The molecule has 1 saturated heterocycles. The van der Waals surface area contributed by atoms with Crippen LogP contribution in [0.2, 0.25) is 0 Å². The van der Waals surface area contributed by atoms with Crippen LogP contribution < -0.4 is 4.90 Å². The largest absolute Gasteiger partial charge is 0.389 e. The summed E-state index contributed by atoms with van der Waals surface area (Å²) in [4.78, 5) is 26.1. The van der Waals surface area contributed by atoms with Crippen molar-refractivity contribution in [2.24, 2.45) is 7.05 Å². The zero-order chi connectivity index (χ0) is 21.3. The van der Waals surface area contributed by atoms with E-state index in [1.54, 1.807) is 4.68 Å². The molecule has 1 amide bonds. The maximum Gasteiger partial charge on any atom is 0.225 e. The Hall–Kier alpha value is -2.48. The lowest BCUT2D eigenvalue weighted by atomic mass is 9.82. The van der Waals surface area contributed by atoms with Crippen LogP contribution in [0, 0.1) is 0 Å². The lowest BCUT2D eigenvalue weighted by molar-refractivity contribution is -0.136. The molecule has 2 aromatic heterocycles. The fraction of sp³-hybridized carbons (Fsp3) is 0.636. The molecule has 1 aliphatic heterocycles. The number of rotatable bonds is 5. The van der Waals surface area contributed by atoms with Crippen molar-refractivity contribution in [3.63, 3.8) is 0 Å². The third kappa shape index (κ3) is 4.33. The molecule has 3 heterocycles. The molecule has 30 heavy (non-hydrogen) atoms. The first-order valence-electron chi connectivity index (χ1n) is 10.9. The van der Waals surface area contributed by atoms with Gasteiger partial charge in [0.25, 0.3) is 0 Å². The standard InChI is InChI=1S/C22H32N6O2/c1-26(2)21-23-13-18(17-12-24-27(3)14-17)20(25-21)16-7-10-28(15-16)19(29)11-22(30)8-5-4-6-9-22/h12-14,16,30H,4-11,15H2,1-3H3/t16-/m1/s1. The van der Waals surface area contributed by atoms with E-state index in [1.165, 1.54) is 0 Å². The van der Waals surface area contributed by atoms with Gasteiger partial charge in [-0.2, -0.15) is 5.10 Å². The second-order valence-corrected chi connectivity index (χ2v) is 9.05. The number of hydrogen-bond acceptors (Lipinski definition) is 6. The number of aryl methyl sites for hydroxylation is 1. The van der Waals surface area contributed by atoms with Gasteiger partial charge in [-0.3, -0.25) is 9.48 Å². The first-order valence-corrected chi connectivity index (χ1v) is 10.9. The van der Waals surface area contributed by atoms with Crippen LogP contribution in [0.5, 0.6) is 0 Å². The Morgan fingerprint density at radius 3 is 2.70 bits per heavy atom. The van der Waals surface area contributed by atoms with Gasteiger partial charge in [-0.15, -0.1) is 0 Å². The minimum Gasteiger partial charge on any atom is -0.389 e. The summed E-state index contributed by atoms with van der Waals surface area (Å²) in [5.41, 5.74) is 2.10. The van der Waals surface area contributed by atoms with E-state index in [0.717, 1.165) is 55.3 Å². The number of hydrogen-bond donors (Lipinski definition) is 1. The van der Waals surface area contributed by atoms with Crippen LogP contribution in [0.4, 0.5) is 5.95 Å². The van der Waals surface area contributed by atoms with E-state index in [0.29, 0.717) is 19.0 Å². The summed E-state index contributed by atoms with van der Waals surface area (Å²) in [6.45, 7) is 1.33. The van der Waals surface area contributed by atoms with Gasteiger partial charge in [-0.05, 0) is 19.3 Å². The molecule has 4 rings (SSSR count). The highest BCUT2D eigenvalue weighted by Gasteiger charge is 2.36. The van der Waals surface area contributed by atoms with Gasteiger partial charge in [0, 0.05) is 63.7 Å². The zero-order valence-electron chi connectivity index (χ0n) is 18.2. The summed E-state index contributed by atoms with van der Waals surface area (Å²) in [7, 11) is 5.75. The number of likely N-dealkylation sites (tertiary alicyclic amines) is 1. The van der Waals surface area contributed by atoms with Gasteiger partial charge in [0.1, 0.15) is 0 Å². The summed E-state index contributed by atoms with van der Waals surface area (Å²) in [5, 5.41) is 15.1. The lowest BCUT2D eigenvalue weighted by Gasteiger charge is -2.32. The Kier molecular flexibility index (Phi) is 5.77. The van der Waals surface area contributed by atoms with Crippen LogP contribution in [0.1, 0.15) is 56.6 Å². The Balaban J connectivity index is 1.54. The van der Waals surface area contributed by atoms with Crippen molar-refractivity contribution in [1.29, 1.82) is 0 Å². The highest BCUT2D eigenvalue weighted by molar-refractivity contribution is 5.78. The molecule has 162 valence electrons. The van der Waals surface area contributed by atoms with E-state index in [1.807, 2.05) is 49.5 Å². The predicted octanol–water partition coefficient (Wildman–Crippen LogP) is 2.34. The van der Waals surface area contributed by atoms with E-state index in [9.17, 15) is 9.90 Å². The number of anilines is 1. The SMILES string of the molecule is CN(C)c1ncc(-c2cnn(C)c2)c([C@@H]2CCN(C(=O)CC3(O)CCCCC3)C2)n1. The molecule has 1 N–H and O–H groups in total. The number of carbonyl (C=O) groups is 1. The fourth-order valence-electron chi connectivity index (χ4n) is 4.68. The number of aromatic nitrogens is 4. The number of aliphatic hydroxyl groups is 1. The van der Waals surface area contributed by atoms with Gasteiger partial charge in [-0.25, -0.2) is 9.97 Å². The Morgan fingerprint density at radius 2 is 2.03 bits per heavy atom. The zero-order valence-corrected chi connectivity index (χ0v) is 18.2. The van der Waals surface area contributed by atoms with E-state index in [4.69, 9.17) is 4.98 Å². The van der Waals surface area contributed by atoms with E-state index in [-0.39, 0.29) is 18.2 Å². The highest BCUT2D eigenvalue weighted by Crippen LogP contribution is 2.36. The molecule has 1 atom stereocenters. The van der Waals surface area contributed by atoms with Crippen LogP contribution >= 0.6 is 0 Å². The third-order valence-electron chi connectivity index (χ3n) is 6.41. The second kappa shape index (κ2) is 8.34. The smallest absolute Gasteiger partial charge is 0.225 e. The van der Waals surface area contributed by atoms with Crippen molar-refractivity contribution in [1.82, 2.24) is 24.6 Å². The maximum absolute atomic E-state index is 12.9. The van der Waals surface area contributed by atoms with Crippen molar-refractivity contribution in [3.8, 4) is 11.1 Å². The molecule has 2 aliphatic rings. The quantitative estimate of drug-likeness (QED) is 0.811. The normalized spacial score (nSPS) is 21.1. The third-order valence-corrected chi connectivity index (χ3v) is 6.41. The molecule has 0 spiro atoms. The molecule has 0 bridgehead atoms. The average molecular weight is 413 g/mol. The monoisotopic (exact) mass is 412 g/mol. The lowest BCUT2D eigenvalue weighted by Crippen LogP contribution is -2.39. The molecule has 0 aromatic carbocycles. The molecule has 2 aromatic rings. The first kappa shape index (κ1) is 20.8. The van der Waals surface area contributed by atoms with Crippen molar-refractivity contribution < 1.29 is 9.90 Å². The summed E-state index contributed by atoms with van der Waals surface area (Å²) in [6.07, 6.45) is 11.4. The minimum atomic E-state index is -0.818. The van der Waals surface area contributed by atoms with Gasteiger partial charge in [0.05, 0.1) is 23.9 Å². The second-order valence-electron chi connectivity index (χ2n) is 9.05. The van der Waals surface area contributed by atoms with Gasteiger partial charge < -0.3 is 14.9 Å². The van der Waals surface area contributed by atoms with Crippen LogP contribution in [-0.4, -0.2) is 68.4 Å². The van der Waals surface area contributed by atoms with Gasteiger partial charge in [0.15, 0.2) is 0 Å². The first-order chi connectivity index (χ1) is 14.3. The van der Waals surface area contributed by atoms with Crippen molar-refractivity contribution in [2.75, 3.05) is 32.1 Å². The molecular formula is C22H32N6O2. The summed E-state index contributed by atoms with van der Waals surface area (Å²) < 4.78 is 1.77. The van der Waals surface area contributed by atoms with Gasteiger partial charge >= 0.3 is 0 Å². The molecule has 0 radical (unpaired) electrons. The van der Waals surface area contributed by atoms with Crippen LogP contribution in [0.25, 0.3) is 11.1 Å². The molecule has 0 unspecified atom stereocenters. The summed E-state index contributed by atoms with van der Waals surface area (Å²) in [6, 6.07) is 0. The number of nitrogens with zero attached hydrogens (tertiary/aromatic N) is 6. The number of amides is 1. The Labute approximate surface area is 177 Å². The fourth-order valence-corrected chi connectivity index (χ4v) is 4.68. The molecule has 8 heteroatoms. The van der Waals surface area contributed by atoms with Gasteiger partial charge in [0.2, 0.25) is 11.9 Å². The van der Waals surface area contributed by atoms with Gasteiger partial charge in [-0.1, -0.05) is 19.3 Å². The Bertz CT molecular complexity index is 903. The maximum atomic E-state index is 12.9. The number of carbonyl (C=O) groups excluding carboxylic acids is 1. The molecule has 1 aliphatic carbocycles. The molecular weight excluding hydrogens is 380 g/mol. The summed E-state index contributed by atoms with van der Waals surface area (Å²) in [5.74, 6) is 0.873. The Morgan fingerprint density at radius 1 is 1.27 bits per heavy atom. The average Bonchev–Trinajstić information content (AvgIpc) is 3.37. The van der Waals surface area contributed by atoms with E-state index >= 15 is 0 Å². The topological polar surface area (TPSA) is 87.4 Å². The molecule has 8 nitrogen and oxygen atoms in total. The van der Waals surface area contributed by atoms with Crippen molar-refractivity contribution in [3.05, 3.63) is 24.3 Å². The highest BCUT2D eigenvalue weighted by atomic mass is 16.3. The van der Waals surface area contributed by atoms with E-state index < -0.39 is 5.60 Å².